The van der Waals surface area contributed by atoms with Gasteiger partial charge in [0.1, 0.15) is 16.6 Å². The Balaban J connectivity index is 2.44. The number of aromatic nitrogens is 1. The fraction of sp³-hybridized carbons (Fsp3) is 0.182. The molecule has 0 saturated carbocycles. The molecular formula is C11H9F2NS. The lowest BCUT2D eigenvalue weighted by atomic mass is 10.2. The summed E-state index contributed by atoms with van der Waals surface area (Å²) < 4.78 is 25.9. The van der Waals surface area contributed by atoms with E-state index >= 15 is 0 Å². The van der Waals surface area contributed by atoms with Crippen LogP contribution in [0.15, 0.2) is 24.4 Å². The van der Waals surface area contributed by atoms with Crippen molar-refractivity contribution in [2.24, 2.45) is 0 Å². The van der Waals surface area contributed by atoms with Gasteiger partial charge in [-0.3, -0.25) is 0 Å². The summed E-state index contributed by atoms with van der Waals surface area (Å²) in [5.74, 6) is -1.14. The SMILES string of the molecule is CCc1cnc(-c2cc(F)cc(F)c2)s1. The van der Waals surface area contributed by atoms with E-state index in [2.05, 4.69) is 4.98 Å². The molecule has 0 saturated heterocycles. The van der Waals surface area contributed by atoms with E-state index in [1.54, 1.807) is 6.20 Å². The molecule has 1 nitrogen and oxygen atoms in total. The summed E-state index contributed by atoms with van der Waals surface area (Å²) in [6, 6.07) is 3.44. The second-order valence-electron chi connectivity index (χ2n) is 3.14. The molecule has 0 aliphatic heterocycles. The van der Waals surface area contributed by atoms with Gasteiger partial charge >= 0.3 is 0 Å². The summed E-state index contributed by atoms with van der Waals surface area (Å²) in [7, 11) is 0. The molecule has 0 atom stereocenters. The molecule has 0 bridgehead atoms. The lowest BCUT2D eigenvalue weighted by Crippen LogP contribution is -1.82. The largest absolute Gasteiger partial charge is 0.244 e. The fourth-order valence-corrected chi connectivity index (χ4v) is 2.12. The summed E-state index contributed by atoms with van der Waals surface area (Å²) >= 11 is 1.46. The Morgan fingerprint density at radius 3 is 2.40 bits per heavy atom. The number of nitrogens with zero attached hydrogens (tertiary/aromatic N) is 1. The summed E-state index contributed by atoms with van der Waals surface area (Å²) in [6.07, 6.45) is 2.62. The Bertz CT molecular complexity index is 459. The van der Waals surface area contributed by atoms with Crippen LogP contribution in [0.2, 0.25) is 0 Å². The Labute approximate surface area is 90.4 Å². The standard InChI is InChI=1S/C11H9F2NS/c1-2-10-6-14-11(15-10)7-3-8(12)5-9(13)4-7/h3-6H,2H2,1H3. The molecule has 0 unspecified atom stereocenters. The monoisotopic (exact) mass is 225 g/mol. The molecule has 78 valence electrons. The van der Waals surface area contributed by atoms with Crippen LogP contribution in [0.4, 0.5) is 8.78 Å². The molecule has 0 N–H and O–H groups in total. The smallest absolute Gasteiger partial charge is 0.126 e. The van der Waals surface area contributed by atoms with Crippen LogP contribution in [0.1, 0.15) is 11.8 Å². The minimum atomic E-state index is -0.571. The third-order valence-electron chi connectivity index (χ3n) is 2.01. The summed E-state index contributed by atoms with van der Waals surface area (Å²) in [5, 5.41) is 0.658. The maximum absolute atomic E-state index is 12.9. The molecule has 1 aromatic carbocycles. The van der Waals surface area contributed by atoms with E-state index in [9.17, 15) is 8.78 Å². The predicted molar refractivity (Wildman–Crippen MR) is 56.8 cm³/mol. The van der Waals surface area contributed by atoms with Gasteiger partial charge in [-0.1, -0.05) is 6.92 Å². The minimum absolute atomic E-state index is 0.497. The molecule has 0 radical (unpaired) electrons. The predicted octanol–water partition coefficient (Wildman–Crippen LogP) is 3.65. The summed E-state index contributed by atoms with van der Waals surface area (Å²) in [4.78, 5) is 5.23. The van der Waals surface area contributed by atoms with E-state index in [0.29, 0.717) is 10.6 Å². The third-order valence-corrected chi connectivity index (χ3v) is 3.20. The average Bonchev–Trinajstić information content (AvgIpc) is 2.64. The lowest BCUT2D eigenvalue weighted by Gasteiger charge is -1.96. The first-order chi connectivity index (χ1) is 7.19. The summed E-state index contributed by atoms with van der Waals surface area (Å²) in [5.41, 5.74) is 0.497. The zero-order valence-electron chi connectivity index (χ0n) is 8.13. The maximum Gasteiger partial charge on any atom is 0.126 e. The molecule has 1 heterocycles. The molecule has 0 spiro atoms. The van der Waals surface area contributed by atoms with Crippen molar-refractivity contribution in [1.82, 2.24) is 4.98 Å². The van der Waals surface area contributed by atoms with Crippen molar-refractivity contribution in [1.29, 1.82) is 0 Å². The van der Waals surface area contributed by atoms with Crippen molar-refractivity contribution in [3.63, 3.8) is 0 Å². The van der Waals surface area contributed by atoms with Crippen LogP contribution in [0, 0.1) is 11.6 Å². The van der Waals surface area contributed by atoms with E-state index in [4.69, 9.17) is 0 Å². The molecule has 2 aromatic rings. The average molecular weight is 225 g/mol. The highest BCUT2D eigenvalue weighted by Crippen LogP contribution is 2.26. The Kier molecular flexibility index (Phi) is 2.77. The van der Waals surface area contributed by atoms with Gasteiger partial charge < -0.3 is 0 Å². The van der Waals surface area contributed by atoms with Crippen LogP contribution >= 0.6 is 11.3 Å². The van der Waals surface area contributed by atoms with Crippen LogP contribution in [-0.2, 0) is 6.42 Å². The maximum atomic E-state index is 12.9. The third kappa shape index (κ3) is 2.21. The van der Waals surface area contributed by atoms with Gasteiger partial charge in [0, 0.05) is 22.7 Å². The Morgan fingerprint density at radius 1 is 1.20 bits per heavy atom. The number of hydrogen-bond donors (Lipinski definition) is 0. The van der Waals surface area contributed by atoms with Crippen LogP contribution in [-0.4, -0.2) is 4.98 Å². The molecule has 4 heteroatoms. The summed E-state index contributed by atoms with van der Waals surface area (Å²) in [6.45, 7) is 2.02. The minimum Gasteiger partial charge on any atom is -0.244 e. The first-order valence-electron chi connectivity index (χ1n) is 4.60. The molecule has 0 fully saturated rings. The second-order valence-corrected chi connectivity index (χ2v) is 4.26. The number of thiazole rings is 1. The fourth-order valence-electron chi connectivity index (χ4n) is 1.28. The molecule has 2 rings (SSSR count). The van der Waals surface area contributed by atoms with Gasteiger partial charge in [-0.25, -0.2) is 13.8 Å². The highest BCUT2D eigenvalue weighted by atomic mass is 32.1. The van der Waals surface area contributed by atoms with Crippen LogP contribution in [0.5, 0.6) is 0 Å². The van der Waals surface area contributed by atoms with Gasteiger partial charge in [0.05, 0.1) is 0 Å². The lowest BCUT2D eigenvalue weighted by molar-refractivity contribution is 0.584. The van der Waals surface area contributed by atoms with Crippen molar-refractivity contribution in [2.45, 2.75) is 13.3 Å². The van der Waals surface area contributed by atoms with Gasteiger partial charge in [-0.2, -0.15) is 0 Å². The van der Waals surface area contributed by atoms with E-state index < -0.39 is 11.6 Å². The second kappa shape index (κ2) is 4.06. The van der Waals surface area contributed by atoms with Crippen LogP contribution in [0.3, 0.4) is 0 Å². The van der Waals surface area contributed by atoms with Gasteiger partial charge in [-0.15, -0.1) is 11.3 Å². The van der Waals surface area contributed by atoms with Crippen LogP contribution < -0.4 is 0 Å². The topological polar surface area (TPSA) is 12.9 Å². The van der Waals surface area contributed by atoms with Gasteiger partial charge in [0.15, 0.2) is 0 Å². The van der Waals surface area contributed by atoms with Crippen molar-refractivity contribution in [2.75, 3.05) is 0 Å². The quantitative estimate of drug-likeness (QED) is 0.760. The van der Waals surface area contributed by atoms with E-state index in [0.717, 1.165) is 17.4 Å². The highest BCUT2D eigenvalue weighted by Gasteiger charge is 2.06. The van der Waals surface area contributed by atoms with Crippen molar-refractivity contribution in [3.8, 4) is 10.6 Å². The number of hydrogen-bond acceptors (Lipinski definition) is 2. The number of benzene rings is 1. The van der Waals surface area contributed by atoms with Gasteiger partial charge in [-0.05, 0) is 18.6 Å². The molecule has 0 aliphatic rings. The Morgan fingerprint density at radius 2 is 1.87 bits per heavy atom. The Hall–Kier alpha value is -1.29. The number of aryl methyl sites for hydroxylation is 1. The van der Waals surface area contributed by atoms with E-state index in [-0.39, 0.29) is 0 Å². The van der Waals surface area contributed by atoms with Gasteiger partial charge in [0.25, 0.3) is 0 Å². The molecule has 1 aromatic heterocycles. The zero-order valence-corrected chi connectivity index (χ0v) is 8.94. The highest BCUT2D eigenvalue weighted by molar-refractivity contribution is 7.15. The van der Waals surface area contributed by atoms with E-state index in [1.807, 2.05) is 6.92 Å². The van der Waals surface area contributed by atoms with Crippen molar-refractivity contribution >= 4 is 11.3 Å². The van der Waals surface area contributed by atoms with Crippen molar-refractivity contribution in [3.05, 3.63) is 40.9 Å². The number of rotatable bonds is 2. The first kappa shape index (κ1) is 10.2. The number of halogens is 2. The zero-order chi connectivity index (χ0) is 10.8. The normalized spacial score (nSPS) is 10.6. The van der Waals surface area contributed by atoms with Crippen LogP contribution in [0.25, 0.3) is 10.6 Å². The first-order valence-corrected chi connectivity index (χ1v) is 5.42. The van der Waals surface area contributed by atoms with E-state index in [1.165, 1.54) is 23.5 Å². The van der Waals surface area contributed by atoms with Crippen molar-refractivity contribution < 1.29 is 8.78 Å². The molecule has 15 heavy (non-hydrogen) atoms. The molecule has 0 amide bonds. The van der Waals surface area contributed by atoms with Gasteiger partial charge in [0.2, 0.25) is 0 Å². The molecule has 0 aliphatic carbocycles. The molecular weight excluding hydrogens is 216 g/mol.